The van der Waals surface area contributed by atoms with Gasteiger partial charge in [0.15, 0.2) is 5.69 Å². The quantitative estimate of drug-likeness (QED) is 0.833. The Balaban J connectivity index is 2.19. The lowest BCUT2D eigenvalue weighted by atomic mass is 10.1. The van der Waals surface area contributed by atoms with Crippen molar-refractivity contribution in [2.75, 3.05) is 13.1 Å². The van der Waals surface area contributed by atoms with Gasteiger partial charge in [-0.05, 0) is 18.7 Å². The predicted octanol–water partition coefficient (Wildman–Crippen LogP) is 1.41. The Morgan fingerprint density at radius 1 is 1.20 bits per heavy atom. The summed E-state index contributed by atoms with van der Waals surface area (Å²) in [4.78, 5) is 13.6. The van der Waals surface area contributed by atoms with Crippen LogP contribution in [0.15, 0.2) is 24.3 Å². The molecule has 0 unspecified atom stereocenters. The third-order valence-electron chi connectivity index (χ3n) is 3.31. The summed E-state index contributed by atoms with van der Waals surface area (Å²) in [7, 11) is 0. The number of carbonyl (C=O) groups is 1. The smallest absolute Gasteiger partial charge is 0.271 e. The zero-order valence-corrected chi connectivity index (χ0v) is 11.8. The summed E-state index contributed by atoms with van der Waals surface area (Å²) in [6, 6.07) is 7.94. The van der Waals surface area contributed by atoms with E-state index in [4.69, 9.17) is 5.73 Å². The van der Waals surface area contributed by atoms with Gasteiger partial charge in [-0.15, -0.1) is 0 Å². The maximum atomic E-state index is 11.2. The molecule has 0 aliphatic heterocycles. The highest BCUT2D eigenvalue weighted by atomic mass is 16.1. The first-order valence-electron chi connectivity index (χ1n) is 6.68. The molecule has 0 aliphatic carbocycles. The van der Waals surface area contributed by atoms with Gasteiger partial charge in [0, 0.05) is 12.1 Å². The van der Waals surface area contributed by atoms with Crippen LogP contribution in [0.5, 0.6) is 0 Å². The summed E-state index contributed by atoms with van der Waals surface area (Å²) in [6.45, 7) is 7.24. The third-order valence-corrected chi connectivity index (χ3v) is 3.31. The summed E-state index contributed by atoms with van der Waals surface area (Å²) in [5.74, 6) is -0.582. The molecular weight excluding hydrogens is 254 g/mol. The Morgan fingerprint density at radius 2 is 1.85 bits per heavy atom. The van der Waals surface area contributed by atoms with Crippen molar-refractivity contribution in [2.45, 2.75) is 20.4 Å². The highest BCUT2D eigenvalue weighted by Gasteiger charge is 2.14. The molecular formula is C14H19N5O. The van der Waals surface area contributed by atoms with Gasteiger partial charge < -0.3 is 5.73 Å². The number of H-pyrrole nitrogens is 1. The molecule has 2 aromatic rings. The summed E-state index contributed by atoms with van der Waals surface area (Å²) in [6.07, 6.45) is 0. The summed E-state index contributed by atoms with van der Waals surface area (Å²) in [5, 5.41) is 10.2. The van der Waals surface area contributed by atoms with Crippen LogP contribution in [0.1, 0.15) is 29.9 Å². The number of primary amides is 1. The van der Waals surface area contributed by atoms with Crippen LogP contribution in [-0.2, 0) is 6.54 Å². The van der Waals surface area contributed by atoms with Gasteiger partial charge in [0.1, 0.15) is 5.69 Å². The van der Waals surface area contributed by atoms with E-state index in [0.717, 1.165) is 25.2 Å². The Hall–Kier alpha value is -2.21. The molecule has 1 heterocycles. The van der Waals surface area contributed by atoms with E-state index < -0.39 is 5.91 Å². The van der Waals surface area contributed by atoms with Crippen molar-refractivity contribution in [3.63, 3.8) is 0 Å². The highest BCUT2D eigenvalue weighted by molar-refractivity contribution is 5.96. The van der Waals surface area contributed by atoms with Crippen LogP contribution < -0.4 is 5.73 Å². The first-order valence-corrected chi connectivity index (χ1v) is 6.68. The lowest BCUT2D eigenvalue weighted by molar-refractivity contribution is 0.0996. The first kappa shape index (κ1) is 14.2. The number of nitrogens with two attached hydrogens (primary N) is 1. The summed E-state index contributed by atoms with van der Waals surface area (Å²) < 4.78 is 0. The number of hydrogen-bond donors (Lipinski definition) is 2. The van der Waals surface area contributed by atoms with Crippen LogP contribution in [0.4, 0.5) is 0 Å². The van der Waals surface area contributed by atoms with Crippen molar-refractivity contribution in [3.05, 3.63) is 35.5 Å². The largest absolute Gasteiger partial charge is 0.364 e. The SMILES string of the molecule is CCN(CC)Cc1ccc(-c2n[nH]nc2C(N)=O)cc1. The van der Waals surface area contributed by atoms with Crippen molar-refractivity contribution in [2.24, 2.45) is 5.73 Å². The minimum atomic E-state index is -0.582. The average Bonchev–Trinajstić information content (AvgIpc) is 2.95. The van der Waals surface area contributed by atoms with Crippen LogP contribution >= 0.6 is 0 Å². The van der Waals surface area contributed by atoms with Crippen LogP contribution in [0, 0.1) is 0 Å². The monoisotopic (exact) mass is 273 g/mol. The molecule has 0 bridgehead atoms. The maximum absolute atomic E-state index is 11.2. The van der Waals surface area contributed by atoms with Crippen molar-refractivity contribution in [3.8, 4) is 11.3 Å². The lowest BCUT2D eigenvalue weighted by Gasteiger charge is -2.17. The zero-order chi connectivity index (χ0) is 14.5. The molecule has 1 amide bonds. The number of benzene rings is 1. The fourth-order valence-electron chi connectivity index (χ4n) is 2.08. The molecule has 20 heavy (non-hydrogen) atoms. The van der Waals surface area contributed by atoms with Gasteiger partial charge in [-0.1, -0.05) is 38.1 Å². The van der Waals surface area contributed by atoms with Gasteiger partial charge in [-0.2, -0.15) is 15.4 Å². The standard InChI is InChI=1S/C14H19N5O/c1-3-19(4-2)9-10-5-7-11(8-6-10)12-13(14(15)20)17-18-16-12/h5-8H,3-4,9H2,1-2H3,(H2,15,20)(H,16,17,18). The molecule has 0 saturated carbocycles. The number of hydrogen-bond acceptors (Lipinski definition) is 4. The molecule has 0 radical (unpaired) electrons. The van der Waals surface area contributed by atoms with Crippen LogP contribution in [0.3, 0.4) is 0 Å². The first-order chi connectivity index (χ1) is 9.65. The molecule has 106 valence electrons. The van der Waals surface area contributed by atoms with Gasteiger partial charge in [0.25, 0.3) is 5.91 Å². The van der Waals surface area contributed by atoms with Crippen molar-refractivity contribution in [1.29, 1.82) is 0 Å². The molecule has 2 rings (SSSR count). The number of nitrogens with zero attached hydrogens (tertiary/aromatic N) is 3. The summed E-state index contributed by atoms with van der Waals surface area (Å²) >= 11 is 0. The van der Waals surface area contributed by atoms with E-state index in [-0.39, 0.29) is 5.69 Å². The molecule has 1 aromatic carbocycles. The van der Waals surface area contributed by atoms with Gasteiger partial charge >= 0.3 is 0 Å². The Bertz CT molecular complexity index is 572. The number of aromatic amines is 1. The number of rotatable bonds is 6. The number of nitrogens with one attached hydrogen (secondary N) is 1. The van der Waals surface area contributed by atoms with Crippen molar-refractivity contribution < 1.29 is 4.79 Å². The highest BCUT2D eigenvalue weighted by Crippen LogP contribution is 2.20. The molecule has 6 heteroatoms. The van der Waals surface area contributed by atoms with Crippen LogP contribution in [0.25, 0.3) is 11.3 Å². The van der Waals surface area contributed by atoms with E-state index in [1.165, 1.54) is 5.56 Å². The molecule has 0 fully saturated rings. The average molecular weight is 273 g/mol. The van der Waals surface area contributed by atoms with Crippen molar-refractivity contribution in [1.82, 2.24) is 20.3 Å². The second-order valence-corrected chi connectivity index (χ2v) is 4.54. The fraction of sp³-hybridized carbons (Fsp3) is 0.357. The minimum absolute atomic E-state index is 0.168. The number of aromatic nitrogens is 3. The second-order valence-electron chi connectivity index (χ2n) is 4.54. The van der Waals surface area contributed by atoms with Gasteiger partial charge in [-0.3, -0.25) is 9.69 Å². The third kappa shape index (κ3) is 3.03. The number of carbonyl (C=O) groups excluding carboxylic acids is 1. The molecule has 0 spiro atoms. The second kappa shape index (κ2) is 6.29. The fourth-order valence-corrected chi connectivity index (χ4v) is 2.08. The molecule has 3 N–H and O–H groups in total. The van der Waals surface area contributed by atoms with Gasteiger partial charge in [0.05, 0.1) is 0 Å². The van der Waals surface area contributed by atoms with Crippen LogP contribution in [0.2, 0.25) is 0 Å². The Labute approximate surface area is 118 Å². The lowest BCUT2D eigenvalue weighted by Crippen LogP contribution is -2.21. The van der Waals surface area contributed by atoms with E-state index >= 15 is 0 Å². The molecule has 0 aliphatic rings. The van der Waals surface area contributed by atoms with Crippen LogP contribution in [-0.4, -0.2) is 39.3 Å². The molecule has 0 atom stereocenters. The predicted molar refractivity (Wildman–Crippen MR) is 77.0 cm³/mol. The molecule has 0 saturated heterocycles. The van der Waals surface area contributed by atoms with Crippen molar-refractivity contribution >= 4 is 5.91 Å². The van der Waals surface area contributed by atoms with E-state index in [9.17, 15) is 4.79 Å². The maximum Gasteiger partial charge on any atom is 0.271 e. The topological polar surface area (TPSA) is 87.9 Å². The van der Waals surface area contributed by atoms with E-state index in [0.29, 0.717) is 5.69 Å². The summed E-state index contributed by atoms with van der Waals surface area (Å²) in [5.41, 5.74) is 7.97. The molecule has 1 aromatic heterocycles. The molecule has 6 nitrogen and oxygen atoms in total. The Morgan fingerprint density at radius 3 is 2.40 bits per heavy atom. The van der Waals surface area contributed by atoms with E-state index in [1.54, 1.807) is 0 Å². The van der Waals surface area contributed by atoms with E-state index in [1.807, 2.05) is 24.3 Å². The Kier molecular flexibility index (Phi) is 4.47. The minimum Gasteiger partial charge on any atom is -0.364 e. The van der Waals surface area contributed by atoms with E-state index in [2.05, 4.69) is 34.2 Å². The normalized spacial score (nSPS) is 10.9. The number of amides is 1. The van der Waals surface area contributed by atoms with Gasteiger partial charge in [-0.25, -0.2) is 0 Å². The zero-order valence-electron chi connectivity index (χ0n) is 11.8. The van der Waals surface area contributed by atoms with Gasteiger partial charge in [0.2, 0.25) is 0 Å².